The van der Waals surface area contributed by atoms with Crippen molar-refractivity contribution in [3.63, 3.8) is 0 Å². The lowest BCUT2D eigenvalue weighted by Crippen LogP contribution is -2.33. The number of carbonyl (C=O) groups is 2. The fraction of sp³-hybridized carbons (Fsp3) is 0.250. The first-order valence-electron chi connectivity index (χ1n) is 5.78. The number of carbonyl (C=O) groups excluding carboxylic acids is 1. The Morgan fingerprint density at radius 2 is 2.11 bits per heavy atom. The number of carboxylic acid groups (broad SMARTS) is 1. The van der Waals surface area contributed by atoms with Gasteiger partial charge in [-0.15, -0.1) is 0 Å². The second kappa shape index (κ2) is 4.97. The van der Waals surface area contributed by atoms with E-state index in [2.05, 4.69) is 10.3 Å². The summed E-state index contributed by atoms with van der Waals surface area (Å²) in [6, 6.07) is 6.59. The van der Waals surface area contributed by atoms with E-state index in [4.69, 9.17) is 5.11 Å². The summed E-state index contributed by atoms with van der Waals surface area (Å²) in [6.07, 6.45) is -1.18. The van der Waals surface area contributed by atoms with Crippen LogP contribution in [-0.4, -0.2) is 40.4 Å². The molecular weight excluding hydrogens is 248 g/mol. The van der Waals surface area contributed by atoms with Gasteiger partial charge < -0.3 is 10.4 Å². The molecule has 0 saturated heterocycles. The number of nitrogens with zero attached hydrogens (tertiary/aromatic N) is 3. The average molecular weight is 262 g/mol. The summed E-state index contributed by atoms with van der Waals surface area (Å²) in [5.74, 6) is 0.0691. The highest BCUT2D eigenvalue weighted by molar-refractivity contribution is 5.96. The molecule has 100 valence electrons. The zero-order valence-electron chi connectivity index (χ0n) is 10.6. The van der Waals surface area contributed by atoms with E-state index in [1.54, 1.807) is 31.2 Å². The van der Waals surface area contributed by atoms with E-state index in [9.17, 15) is 9.59 Å². The molecule has 7 heteroatoms. The van der Waals surface area contributed by atoms with Crippen LogP contribution in [0.1, 0.15) is 6.92 Å². The van der Waals surface area contributed by atoms with Gasteiger partial charge in [-0.3, -0.25) is 0 Å². The van der Waals surface area contributed by atoms with Crippen LogP contribution < -0.4 is 10.2 Å². The monoisotopic (exact) mass is 262 g/mol. The molecule has 0 bridgehead atoms. The molecule has 0 unspecified atom stereocenters. The van der Waals surface area contributed by atoms with Crippen LogP contribution in [0.15, 0.2) is 24.3 Å². The molecule has 0 radical (unpaired) electrons. The normalized spacial score (nSPS) is 10.4. The van der Waals surface area contributed by atoms with Crippen LogP contribution in [0.25, 0.3) is 11.0 Å². The van der Waals surface area contributed by atoms with Gasteiger partial charge in [-0.05, 0) is 19.1 Å². The van der Waals surface area contributed by atoms with Gasteiger partial charge in [-0.25, -0.2) is 24.0 Å². The van der Waals surface area contributed by atoms with Crippen LogP contribution in [0.4, 0.5) is 15.5 Å². The van der Waals surface area contributed by atoms with Gasteiger partial charge in [0, 0.05) is 13.6 Å². The van der Waals surface area contributed by atoms with Crippen molar-refractivity contribution in [2.45, 2.75) is 6.92 Å². The Morgan fingerprint density at radius 3 is 2.74 bits per heavy atom. The minimum absolute atomic E-state index is 0.0691. The predicted molar refractivity (Wildman–Crippen MR) is 70.6 cm³/mol. The van der Waals surface area contributed by atoms with Crippen molar-refractivity contribution >= 4 is 29.1 Å². The number of benzene rings is 1. The Bertz CT molecular complexity index is 635. The zero-order valence-corrected chi connectivity index (χ0v) is 10.6. The third-order valence-corrected chi connectivity index (χ3v) is 2.66. The quantitative estimate of drug-likeness (QED) is 0.862. The Morgan fingerprint density at radius 1 is 1.42 bits per heavy atom. The fourth-order valence-electron chi connectivity index (χ4n) is 1.75. The van der Waals surface area contributed by atoms with E-state index in [1.165, 1.54) is 11.6 Å². The average Bonchev–Trinajstić information content (AvgIpc) is 2.77. The van der Waals surface area contributed by atoms with E-state index in [1.807, 2.05) is 0 Å². The first kappa shape index (κ1) is 12.9. The van der Waals surface area contributed by atoms with Gasteiger partial charge in [0.2, 0.25) is 5.95 Å². The van der Waals surface area contributed by atoms with Crippen LogP contribution in [0.5, 0.6) is 0 Å². The highest BCUT2D eigenvalue weighted by atomic mass is 16.4. The number of imidazole rings is 1. The topological polar surface area (TPSA) is 87.5 Å². The lowest BCUT2D eigenvalue weighted by Gasteiger charge is -2.14. The molecule has 0 aliphatic carbocycles. The maximum absolute atomic E-state index is 12.1. The molecule has 19 heavy (non-hydrogen) atoms. The number of anilines is 1. The molecule has 2 N–H and O–H groups in total. The summed E-state index contributed by atoms with van der Waals surface area (Å²) in [7, 11) is 1.35. The number of nitrogens with one attached hydrogen (secondary N) is 1. The molecule has 1 aromatic carbocycles. The van der Waals surface area contributed by atoms with Gasteiger partial charge >= 0.3 is 12.1 Å². The standard InChI is InChI=1S/C12H14N4O3/c1-3-13-11(17)16-9-7-5-4-6-8(9)14-10(16)15(2)12(18)19/h4-7H,3H2,1-2H3,(H,13,17)(H,18,19). The number of aromatic nitrogens is 2. The predicted octanol–water partition coefficient (Wildman–Crippen LogP) is 1.73. The molecule has 1 heterocycles. The number of hydrogen-bond donors (Lipinski definition) is 2. The van der Waals surface area contributed by atoms with Gasteiger partial charge in [-0.1, -0.05) is 12.1 Å². The SMILES string of the molecule is CCNC(=O)n1c(N(C)C(=O)O)nc2ccccc21. The Labute approximate surface area is 109 Å². The van der Waals surface area contributed by atoms with Crippen LogP contribution in [0.3, 0.4) is 0 Å². The molecular formula is C12H14N4O3. The fourth-order valence-corrected chi connectivity index (χ4v) is 1.75. The van der Waals surface area contributed by atoms with Crippen molar-refractivity contribution in [3.05, 3.63) is 24.3 Å². The molecule has 2 aromatic rings. The van der Waals surface area contributed by atoms with Gasteiger partial charge in [0.1, 0.15) is 0 Å². The Balaban J connectivity index is 2.65. The van der Waals surface area contributed by atoms with E-state index in [0.717, 1.165) is 4.90 Å². The third kappa shape index (κ3) is 2.22. The van der Waals surface area contributed by atoms with Crippen molar-refractivity contribution in [3.8, 4) is 0 Å². The number of rotatable bonds is 2. The molecule has 7 nitrogen and oxygen atoms in total. The van der Waals surface area contributed by atoms with Crippen molar-refractivity contribution in [2.24, 2.45) is 0 Å². The van der Waals surface area contributed by atoms with Crippen molar-refractivity contribution in [2.75, 3.05) is 18.5 Å². The second-order valence-corrected chi connectivity index (χ2v) is 3.91. The Kier molecular flexibility index (Phi) is 3.37. The lowest BCUT2D eigenvalue weighted by atomic mass is 10.3. The Hall–Kier alpha value is -2.57. The van der Waals surface area contributed by atoms with Gasteiger partial charge in [0.15, 0.2) is 0 Å². The summed E-state index contributed by atoms with van der Waals surface area (Å²) in [4.78, 5) is 28.2. The van der Waals surface area contributed by atoms with E-state index in [0.29, 0.717) is 17.6 Å². The highest BCUT2D eigenvalue weighted by Crippen LogP contribution is 2.21. The van der Waals surface area contributed by atoms with Crippen LogP contribution in [0.2, 0.25) is 0 Å². The summed E-state index contributed by atoms with van der Waals surface area (Å²) >= 11 is 0. The molecule has 0 fully saturated rings. The molecule has 1 aromatic heterocycles. The van der Waals surface area contributed by atoms with E-state index in [-0.39, 0.29) is 5.95 Å². The molecule has 0 saturated carbocycles. The van der Waals surface area contributed by atoms with Gasteiger partial charge in [0.05, 0.1) is 11.0 Å². The number of para-hydroxylation sites is 2. The summed E-state index contributed by atoms with van der Waals surface area (Å²) in [6.45, 7) is 2.24. The maximum Gasteiger partial charge on any atom is 0.413 e. The molecule has 0 aliphatic heterocycles. The van der Waals surface area contributed by atoms with E-state index >= 15 is 0 Å². The minimum Gasteiger partial charge on any atom is -0.465 e. The maximum atomic E-state index is 12.1. The first-order valence-corrected chi connectivity index (χ1v) is 5.78. The van der Waals surface area contributed by atoms with Crippen molar-refractivity contribution < 1.29 is 14.7 Å². The molecule has 2 rings (SSSR count). The van der Waals surface area contributed by atoms with Crippen LogP contribution >= 0.6 is 0 Å². The number of hydrogen-bond acceptors (Lipinski definition) is 3. The van der Waals surface area contributed by atoms with Crippen LogP contribution in [0, 0.1) is 0 Å². The minimum atomic E-state index is -1.18. The van der Waals surface area contributed by atoms with Crippen LogP contribution in [-0.2, 0) is 0 Å². The largest absolute Gasteiger partial charge is 0.465 e. The third-order valence-electron chi connectivity index (χ3n) is 2.66. The molecule has 0 aliphatic rings. The summed E-state index contributed by atoms with van der Waals surface area (Å²) < 4.78 is 1.26. The number of amides is 2. The second-order valence-electron chi connectivity index (χ2n) is 3.91. The lowest BCUT2D eigenvalue weighted by molar-refractivity contribution is 0.203. The first-order chi connectivity index (χ1) is 9.06. The smallest absolute Gasteiger partial charge is 0.413 e. The zero-order chi connectivity index (χ0) is 14.0. The van der Waals surface area contributed by atoms with Gasteiger partial charge in [-0.2, -0.15) is 0 Å². The molecule has 2 amide bonds. The molecule has 0 spiro atoms. The summed E-state index contributed by atoms with van der Waals surface area (Å²) in [5.41, 5.74) is 1.13. The van der Waals surface area contributed by atoms with Crippen molar-refractivity contribution in [1.29, 1.82) is 0 Å². The highest BCUT2D eigenvalue weighted by Gasteiger charge is 2.22. The van der Waals surface area contributed by atoms with Gasteiger partial charge in [0.25, 0.3) is 0 Å². The number of fused-ring (bicyclic) bond motifs is 1. The van der Waals surface area contributed by atoms with E-state index < -0.39 is 12.1 Å². The van der Waals surface area contributed by atoms with Crippen molar-refractivity contribution in [1.82, 2.24) is 14.9 Å². The molecule has 0 atom stereocenters. The summed E-state index contributed by atoms with van der Waals surface area (Å²) in [5, 5.41) is 11.7.